The number of aromatic nitrogens is 1. The van der Waals surface area contributed by atoms with Gasteiger partial charge in [-0.05, 0) is 54.4 Å². The highest BCUT2D eigenvalue weighted by Gasteiger charge is 2.37. The van der Waals surface area contributed by atoms with Crippen molar-refractivity contribution in [3.05, 3.63) is 161 Å². The van der Waals surface area contributed by atoms with Gasteiger partial charge < -0.3 is 10.2 Å². The largest absolute Gasteiger partial charge is 0.322 e. The second-order valence-corrected chi connectivity index (χ2v) is 12.5. The van der Waals surface area contributed by atoms with Crippen LogP contribution >= 0.6 is 34.5 Å². The summed E-state index contributed by atoms with van der Waals surface area (Å²) in [6, 6.07) is 30.1. The van der Waals surface area contributed by atoms with Crippen LogP contribution in [-0.4, -0.2) is 16.4 Å². The summed E-state index contributed by atoms with van der Waals surface area (Å²) in [7, 11) is 0. The molecule has 0 unspecified atom stereocenters. The molecule has 0 bridgehead atoms. The number of hydrogen-bond donors (Lipinski definition) is 1. The third-order valence-corrected chi connectivity index (χ3v) is 9.57. The fourth-order valence-corrected chi connectivity index (χ4v) is 7.25. The Morgan fingerprint density at radius 2 is 1.58 bits per heavy atom. The maximum atomic E-state index is 14.5. The molecular formula is C35H24Cl2N4O3S. The Labute approximate surface area is 272 Å². The molecule has 0 saturated heterocycles. The molecule has 45 heavy (non-hydrogen) atoms. The SMILES string of the molecule is CC1=C(C(=O)Nc2ccccc2)[C@H](c2ccc(Cl)cc2)n2c(s/c(=C3/C(=O)N(Cc4ccccc4Cl)c4ccccc43)c2=O)=N1. The van der Waals surface area contributed by atoms with Gasteiger partial charge in [0, 0.05) is 21.3 Å². The predicted molar refractivity (Wildman–Crippen MR) is 178 cm³/mol. The van der Waals surface area contributed by atoms with Gasteiger partial charge in [0.1, 0.15) is 4.53 Å². The highest BCUT2D eigenvalue weighted by Crippen LogP contribution is 2.37. The Kier molecular flexibility index (Phi) is 7.49. The summed E-state index contributed by atoms with van der Waals surface area (Å²) in [4.78, 5) is 49.2. The lowest BCUT2D eigenvalue weighted by Gasteiger charge is -2.25. The van der Waals surface area contributed by atoms with E-state index < -0.39 is 11.6 Å². The van der Waals surface area contributed by atoms with Crippen molar-refractivity contribution in [2.24, 2.45) is 4.99 Å². The van der Waals surface area contributed by atoms with E-state index in [0.29, 0.717) is 54.2 Å². The van der Waals surface area contributed by atoms with E-state index in [1.54, 1.807) is 54.3 Å². The minimum atomic E-state index is -0.803. The maximum Gasteiger partial charge on any atom is 0.271 e. The van der Waals surface area contributed by atoms with Crippen LogP contribution in [0.15, 0.2) is 124 Å². The molecule has 0 spiro atoms. The zero-order valence-corrected chi connectivity index (χ0v) is 26.2. The number of benzene rings is 4. The van der Waals surface area contributed by atoms with E-state index in [4.69, 9.17) is 28.2 Å². The van der Waals surface area contributed by atoms with E-state index in [-0.39, 0.29) is 22.9 Å². The number of allylic oxidation sites excluding steroid dienone is 1. The molecule has 0 radical (unpaired) electrons. The third kappa shape index (κ3) is 5.11. The molecule has 222 valence electrons. The molecule has 3 heterocycles. The first-order chi connectivity index (χ1) is 21.8. The van der Waals surface area contributed by atoms with Gasteiger partial charge in [-0.1, -0.05) is 101 Å². The Balaban J connectivity index is 1.41. The van der Waals surface area contributed by atoms with Crippen LogP contribution in [0.2, 0.25) is 10.0 Å². The van der Waals surface area contributed by atoms with Crippen molar-refractivity contribution in [1.82, 2.24) is 4.57 Å². The summed E-state index contributed by atoms with van der Waals surface area (Å²) in [6.07, 6.45) is 0. The molecule has 2 aliphatic heterocycles. The quantitative estimate of drug-likeness (QED) is 0.250. The molecule has 1 N–H and O–H groups in total. The van der Waals surface area contributed by atoms with E-state index in [9.17, 15) is 14.4 Å². The van der Waals surface area contributed by atoms with Crippen LogP contribution in [-0.2, 0) is 16.1 Å². The monoisotopic (exact) mass is 650 g/mol. The number of carbonyl (C=O) groups is 2. The van der Waals surface area contributed by atoms with Crippen LogP contribution in [0.1, 0.15) is 29.7 Å². The van der Waals surface area contributed by atoms with Gasteiger partial charge in [-0.15, -0.1) is 0 Å². The number of nitrogens with zero attached hydrogens (tertiary/aromatic N) is 3. The Bertz CT molecular complexity index is 2220. The Hall–Kier alpha value is -4.76. The molecule has 10 heteroatoms. The number of anilines is 2. The van der Waals surface area contributed by atoms with Crippen molar-refractivity contribution < 1.29 is 9.59 Å². The van der Waals surface area contributed by atoms with E-state index in [1.807, 2.05) is 60.7 Å². The molecule has 0 saturated carbocycles. The molecule has 1 aromatic heterocycles. The van der Waals surface area contributed by atoms with Crippen molar-refractivity contribution in [2.75, 3.05) is 10.2 Å². The molecule has 7 rings (SSSR count). The van der Waals surface area contributed by atoms with Gasteiger partial charge in [0.05, 0.1) is 35.1 Å². The first-order valence-corrected chi connectivity index (χ1v) is 15.7. The van der Waals surface area contributed by atoms with Crippen LogP contribution in [0.3, 0.4) is 0 Å². The normalized spacial score (nSPS) is 16.7. The Morgan fingerprint density at radius 3 is 2.33 bits per heavy atom. The lowest BCUT2D eigenvalue weighted by Crippen LogP contribution is -2.41. The zero-order chi connectivity index (χ0) is 31.2. The van der Waals surface area contributed by atoms with Crippen molar-refractivity contribution in [3.8, 4) is 0 Å². The van der Waals surface area contributed by atoms with Gasteiger partial charge in [0.15, 0.2) is 4.80 Å². The molecule has 0 fully saturated rings. The first kappa shape index (κ1) is 29.0. The van der Waals surface area contributed by atoms with Crippen LogP contribution in [0.5, 0.6) is 0 Å². The number of halogens is 2. The van der Waals surface area contributed by atoms with Gasteiger partial charge in [0.25, 0.3) is 17.4 Å². The predicted octanol–water partition coefficient (Wildman–Crippen LogP) is 6.10. The van der Waals surface area contributed by atoms with Gasteiger partial charge in [0.2, 0.25) is 0 Å². The minimum Gasteiger partial charge on any atom is -0.322 e. The number of fused-ring (bicyclic) bond motifs is 2. The second-order valence-electron chi connectivity index (χ2n) is 10.6. The first-order valence-electron chi connectivity index (χ1n) is 14.1. The van der Waals surface area contributed by atoms with Crippen molar-refractivity contribution in [3.63, 3.8) is 0 Å². The van der Waals surface area contributed by atoms with Crippen LogP contribution in [0.25, 0.3) is 5.57 Å². The summed E-state index contributed by atoms with van der Waals surface area (Å²) >= 11 is 13.8. The standard InChI is InChI=1S/C35H24Cl2N4O3S/c1-20-28(32(42)39-24-10-3-2-4-11-24)30(21-15-17-23(36)18-16-21)41-34(44)31(45-35(41)38-20)29-25-12-6-8-14-27(25)40(33(29)43)19-22-9-5-7-13-26(22)37/h2-18,30H,19H2,1H3,(H,39,42)/b31-29+/t30-/m0/s1. The van der Waals surface area contributed by atoms with E-state index in [1.165, 1.54) is 4.57 Å². The van der Waals surface area contributed by atoms with Crippen LogP contribution in [0, 0.1) is 0 Å². The van der Waals surface area contributed by atoms with Crippen molar-refractivity contribution >= 4 is 63.3 Å². The van der Waals surface area contributed by atoms with Crippen LogP contribution < -0.4 is 25.1 Å². The summed E-state index contributed by atoms with van der Waals surface area (Å²) in [6.45, 7) is 2.00. The molecule has 4 aromatic carbocycles. The third-order valence-electron chi connectivity index (χ3n) is 7.90. The number of hydrogen-bond acceptors (Lipinski definition) is 5. The summed E-state index contributed by atoms with van der Waals surface area (Å²) in [5.41, 5.74) is 4.12. The number of thiazole rings is 1. The summed E-state index contributed by atoms with van der Waals surface area (Å²) < 4.78 is 1.76. The van der Waals surface area contributed by atoms with Crippen molar-refractivity contribution in [2.45, 2.75) is 19.5 Å². The van der Waals surface area contributed by atoms with E-state index in [2.05, 4.69) is 5.32 Å². The molecule has 0 aliphatic carbocycles. The Morgan fingerprint density at radius 1 is 0.889 bits per heavy atom. The summed E-state index contributed by atoms with van der Waals surface area (Å²) in [5, 5.41) is 4.02. The fraction of sp³-hybridized carbons (Fsp3) is 0.0857. The molecular weight excluding hydrogens is 627 g/mol. The molecule has 2 aliphatic rings. The van der Waals surface area contributed by atoms with Gasteiger partial charge in [-0.2, -0.15) is 0 Å². The smallest absolute Gasteiger partial charge is 0.271 e. The number of amides is 2. The summed E-state index contributed by atoms with van der Waals surface area (Å²) in [5.74, 6) is -0.684. The highest BCUT2D eigenvalue weighted by atomic mass is 35.5. The zero-order valence-electron chi connectivity index (χ0n) is 23.8. The fourth-order valence-electron chi connectivity index (χ4n) is 5.80. The van der Waals surface area contributed by atoms with Crippen molar-refractivity contribution in [1.29, 1.82) is 0 Å². The lowest BCUT2D eigenvalue weighted by molar-refractivity contribution is -0.114. The highest BCUT2D eigenvalue weighted by molar-refractivity contribution is 7.07. The lowest BCUT2D eigenvalue weighted by atomic mass is 9.95. The molecule has 1 atom stereocenters. The topological polar surface area (TPSA) is 83.8 Å². The maximum absolute atomic E-state index is 14.5. The average molecular weight is 652 g/mol. The molecule has 7 nitrogen and oxygen atoms in total. The van der Waals surface area contributed by atoms with Gasteiger partial charge >= 0.3 is 0 Å². The number of carbonyl (C=O) groups excluding carboxylic acids is 2. The number of nitrogens with one attached hydrogen (secondary N) is 1. The van der Waals surface area contributed by atoms with E-state index in [0.717, 1.165) is 16.9 Å². The molecule has 5 aromatic rings. The number of rotatable bonds is 5. The molecule has 2 amide bonds. The van der Waals surface area contributed by atoms with E-state index >= 15 is 0 Å². The van der Waals surface area contributed by atoms with Crippen LogP contribution in [0.4, 0.5) is 11.4 Å². The van der Waals surface area contributed by atoms with Gasteiger partial charge in [-0.3, -0.25) is 19.0 Å². The minimum absolute atomic E-state index is 0.244. The average Bonchev–Trinajstić information content (AvgIpc) is 3.50. The number of para-hydroxylation sites is 2. The second kappa shape index (κ2) is 11.6. The van der Waals surface area contributed by atoms with Gasteiger partial charge in [-0.25, -0.2) is 4.99 Å².